The van der Waals surface area contributed by atoms with Gasteiger partial charge < -0.3 is 67.0 Å². The molecule has 0 heterocycles. The summed E-state index contributed by atoms with van der Waals surface area (Å²) < 4.78 is 0. The van der Waals surface area contributed by atoms with Gasteiger partial charge in [-0.05, 0) is 128 Å². The van der Waals surface area contributed by atoms with Crippen molar-refractivity contribution in [1.29, 1.82) is 0 Å². The highest BCUT2D eigenvalue weighted by Gasteiger charge is 2.23. The summed E-state index contributed by atoms with van der Waals surface area (Å²) in [6, 6.07) is 0. The summed E-state index contributed by atoms with van der Waals surface area (Å²) in [5, 5.41) is 24.5. The summed E-state index contributed by atoms with van der Waals surface area (Å²) in [5.41, 5.74) is 2.11. The summed E-state index contributed by atoms with van der Waals surface area (Å²) in [6.07, 6.45) is 12.0. The Morgan fingerprint density at radius 1 is 0.187 bits per heavy atom. The lowest BCUT2D eigenvalue weighted by Crippen LogP contribution is -2.45. The summed E-state index contributed by atoms with van der Waals surface area (Å²) in [5.74, 6) is 2.82. The number of hydrogen-bond acceptors (Lipinski definition) is 18. The highest BCUT2D eigenvalue weighted by molar-refractivity contribution is 5.83. The van der Waals surface area contributed by atoms with Crippen molar-refractivity contribution >= 4 is 70.4 Å². The summed E-state index contributed by atoms with van der Waals surface area (Å²) in [7, 11) is 0. The molecule has 0 unspecified atom stereocenters. The van der Waals surface area contributed by atoms with Gasteiger partial charge in [0.05, 0.1) is 0 Å². The largest absolute Gasteiger partial charge is 0.389 e. The molecule has 123 heavy (non-hydrogen) atoms. The van der Waals surface area contributed by atoms with E-state index in [2.05, 4.69) is 103 Å². The number of nitrogens with one attached hydrogen (secondary N) is 8. The molecule has 0 atom stereocenters. The molecule has 0 aromatic heterocycles. The third-order valence-corrected chi connectivity index (χ3v) is 21.1. The molecule has 718 valence electrons. The van der Waals surface area contributed by atoms with Gasteiger partial charge in [0.1, 0.15) is 23.1 Å². The molecule has 0 saturated carbocycles. The van der Waals surface area contributed by atoms with Gasteiger partial charge in [0, 0.05) is 219 Å². The normalized spacial score (nSPS) is 11.5. The number of Topliss-reactive ketones (excluding diaryl/α,β-unsaturated/α-hetero) is 4. The second kappa shape index (κ2) is 74.4. The van der Waals surface area contributed by atoms with Crippen LogP contribution >= 0.6 is 0 Å². The molecule has 0 aromatic carbocycles. The van der Waals surface area contributed by atoms with E-state index in [-0.39, 0.29) is 124 Å². The average molecular weight is 1740 g/mol. The zero-order chi connectivity index (χ0) is 94.9. The molecule has 0 fully saturated rings. The van der Waals surface area contributed by atoms with Gasteiger partial charge in [-0.2, -0.15) is 0 Å². The first-order valence-electron chi connectivity index (χ1n) is 47.6. The lowest BCUT2D eigenvalue weighted by molar-refractivity contribution is -0.136. The molecule has 0 saturated heterocycles. The van der Waals surface area contributed by atoms with E-state index in [1.165, 1.54) is 0 Å². The molecule has 0 aliphatic carbocycles. The minimum atomic E-state index is -0.0612. The summed E-state index contributed by atoms with van der Waals surface area (Å²) >= 11 is 0. The van der Waals surface area contributed by atoms with Crippen LogP contribution in [0.1, 0.15) is 290 Å². The maximum atomic E-state index is 12.7. The SMILES string of the molecule is C=C(NCCCN(CCCCN(CCCNC(=O)C(C)C)C(=O)C(C)C)C(=O)C(C)C)C(C)C.C=C(NCCCN(CCCNC(=O)C(C)C)CCCNC(=O)C(C)C)C(C)C.CC(C)C(=O)CCCN(CCCC(=O)C(C)C)CCCC(=O)C(C)C.CC(C)C(=O)CCCN(CCNC(=O)C(C)C)CCN(CCNC(=O)C(C)C)CCNC(=O)C(C)C. The summed E-state index contributed by atoms with van der Waals surface area (Å²) in [4.78, 5) is 157. The Bertz CT molecular complexity index is 2640. The smallest absolute Gasteiger partial charge is 0.225 e. The first-order chi connectivity index (χ1) is 57.5. The molecule has 8 amide bonds. The third-order valence-electron chi connectivity index (χ3n) is 21.1. The van der Waals surface area contributed by atoms with Crippen molar-refractivity contribution in [3.05, 3.63) is 24.6 Å². The van der Waals surface area contributed by atoms with Crippen molar-refractivity contribution in [2.24, 2.45) is 82.9 Å². The van der Waals surface area contributed by atoms with E-state index in [1.54, 1.807) is 0 Å². The van der Waals surface area contributed by atoms with Gasteiger partial charge in [-0.15, -0.1) is 0 Å². The quantitative estimate of drug-likeness (QED) is 0.0262. The number of allylic oxidation sites excluding steroid dienone is 2. The number of nitrogens with zero attached hydrogens (tertiary/aromatic N) is 6. The highest BCUT2D eigenvalue weighted by Crippen LogP contribution is 2.14. The zero-order valence-electron chi connectivity index (χ0n) is 83.7. The van der Waals surface area contributed by atoms with Crippen molar-refractivity contribution in [2.75, 3.05) is 157 Å². The van der Waals surface area contributed by atoms with Gasteiger partial charge >= 0.3 is 0 Å². The van der Waals surface area contributed by atoms with Gasteiger partial charge in [-0.25, -0.2) is 0 Å². The lowest BCUT2D eigenvalue weighted by atomic mass is 10.0. The van der Waals surface area contributed by atoms with Crippen LogP contribution in [-0.2, 0) is 57.5 Å². The van der Waals surface area contributed by atoms with E-state index in [0.717, 1.165) is 161 Å². The van der Waals surface area contributed by atoms with Crippen LogP contribution in [0, 0.1) is 82.9 Å². The van der Waals surface area contributed by atoms with E-state index in [9.17, 15) is 57.5 Å². The lowest BCUT2D eigenvalue weighted by Gasteiger charge is -2.28. The number of rotatable bonds is 69. The summed E-state index contributed by atoms with van der Waals surface area (Å²) in [6.45, 7) is 80.3. The van der Waals surface area contributed by atoms with Crippen LogP contribution in [0.4, 0.5) is 0 Å². The Labute approximate surface area is 750 Å². The van der Waals surface area contributed by atoms with Crippen LogP contribution in [0.25, 0.3) is 0 Å². The van der Waals surface area contributed by atoms with Crippen molar-refractivity contribution in [2.45, 2.75) is 290 Å². The molecular formula is C97H188N14O12. The predicted molar refractivity (Wildman–Crippen MR) is 508 cm³/mol. The molecular weight excluding hydrogens is 1550 g/mol. The van der Waals surface area contributed by atoms with Crippen LogP contribution in [0.5, 0.6) is 0 Å². The number of carbonyl (C=O) groups is 12. The molecule has 0 aliphatic heterocycles. The van der Waals surface area contributed by atoms with E-state index >= 15 is 0 Å². The molecule has 0 bridgehead atoms. The van der Waals surface area contributed by atoms with E-state index < -0.39 is 0 Å². The fraction of sp³-hybridized carbons (Fsp3) is 0.835. The minimum absolute atomic E-state index is 0.0281. The first-order valence-corrected chi connectivity index (χ1v) is 47.6. The Hall–Kier alpha value is -6.64. The second-order valence-corrected chi connectivity index (χ2v) is 37.6. The monoisotopic (exact) mass is 1740 g/mol. The fourth-order valence-corrected chi connectivity index (χ4v) is 11.9. The molecule has 0 spiro atoms. The van der Waals surface area contributed by atoms with Crippen molar-refractivity contribution in [3.8, 4) is 0 Å². The van der Waals surface area contributed by atoms with Crippen LogP contribution in [0.3, 0.4) is 0 Å². The fourth-order valence-electron chi connectivity index (χ4n) is 11.9. The molecule has 0 aliphatic rings. The van der Waals surface area contributed by atoms with Crippen LogP contribution in [0.2, 0.25) is 0 Å². The molecule has 26 nitrogen and oxygen atoms in total. The van der Waals surface area contributed by atoms with Gasteiger partial charge in [0.15, 0.2) is 0 Å². The van der Waals surface area contributed by atoms with Crippen molar-refractivity contribution < 1.29 is 57.5 Å². The van der Waals surface area contributed by atoms with Gasteiger partial charge in [0.2, 0.25) is 47.3 Å². The molecule has 0 rings (SSSR count). The van der Waals surface area contributed by atoms with Crippen LogP contribution < -0.4 is 42.5 Å². The average Bonchev–Trinajstić information content (AvgIpc) is 0.908. The number of hydrogen-bond donors (Lipinski definition) is 8. The number of amides is 8. The number of unbranched alkanes of at least 4 members (excludes halogenated alkanes) is 1. The number of ketones is 4. The zero-order valence-corrected chi connectivity index (χ0v) is 83.7. The molecule has 0 radical (unpaired) electrons. The van der Waals surface area contributed by atoms with E-state index in [1.807, 2.05) is 176 Å². The highest BCUT2D eigenvalue weighted by atomic mass is 16.2. The Morgan fingerprint density at radius 2 is 0.366 bits per heavy atom. The topological polar surface area (TPSA) is 321 Å². The minimum Gasteiger partial charge on any atom is -0.389 e. The molecule has 26 heteroatoms. The van der Waals surface area contributed by atoms with Crippen molar-refractivity contribution in [3.63, 3.8) is 0 Å². The maximum Gasteiger partial charge on any atom is 0.225 e. The second-order valence-electron chi connectivity index (χ2n) is 37.6. The van der Waals surface area contributed by atoms with Crippen molar-refractivity contribution in [1.82, 2.24) is 71.9 Å². The predicted octanol–water partition coefficient (Wildman–Crippen LogP) is 13.0. The number of carbonyl (C=O) groups excluding carboxylic acids is 12. The van der Waals surface area contributed by atoms with Gasteiger partial charge in [-0.3, -0.25) is 62.4 Å². The Balaban J connectivity index is -0.000000775. The van der Waals surface area contributed by atoms with Gasteiger partial charge in [-0.1, -0.05) is 207 Å². The Kier molecular flexibility index (Phi) is 74.2. The van der Waals surface area contributed by atoms with Crippen LogP contribution in [-0.4, -0.2) is 257 Å². The first kappa shape index (κ1) is 123. The molecule has 0 aromatic rings. The third kappa shape index (κ3) is 69.2. The van der Waals surface area contributed by atoms with E-state index in [4.69, 9.17) is 0 Å². The molecule has 8 N–H and O–H groups in total. The maximum absolute atomic E-state index is 12.7. The van der Waals surface area contributed by atoms with Crippen LogP contribution in [0.15, 0.2) is 24.6 Å². The van der Waals surface area contributed by atoms with Gasteiger partial charge in [0.25, 0.3) is 0 Å². The standard InChI is InChI=1S/C27H53N5O4.C27H52N4O3.C22H44N4O2.C21H39NO3/c1-20(2)24(33)10-9-14-31(15-11-28-25(34)21(3)4)18-19-32(16-12-29-26(35)22(5)6)17-13-30-27(36)23(7)8;1-20(2)24(9)28-14-12-18-30(26(33)22(5)6)16-10-11-17-31(27(34)23(7)8)19-13-15-29-25(32)21(3)4;1-17(2)20(7)23-11-8-14-26(15-9-12-24-21(27)18(3)4)16-10-13-25-22(28)19(5)6;1-16(2)19(23)10-7-13-22(14-8-11-20(24)17(3)4)15-9-12-21(25)18(5)6/h20-23H,9-19H2,1-8H3,(H,28,34)(H,29,35)(H,30,36);20-23,28H,9-19H2,1-8H3,(H,29,32);17-19,23H,7-16H2,1-6H3,(H,24,27)(H,25,28);16-18H,7-15H2,1-6H3. The van der Waals surface area contributed by atoms with E-state index in [0.29, 0.717) is 133 Å². The Morgan fingerprint density at radius 3 is 0.569 bits per heavy atom.